The molecule has 0 aromatic heterocycles. The number of carbonyl (C=O) groups is 4. The van der Waals surface area contributed by atoms with Crippen LogP contribution in [0.3, 0.4) is 0 Å². The summed E-state index contributed by atoms with van der Waals surface area (Å²) in [5.74, 6) is -4.27. The zero-order valence-electron chi connectivity index (χ0n) is 22.3. The molecule has 200 valence electrons. The van der Waals surface area contributed by atoms with Crippen molar-refractivity contribution in [3.8, 4) is 0 Å². The van der Waals surface area contributed by atoms with E-state index >= 15 is 0 Å². The molecule has 36 heavy (non-hydrogen) atoms. The minimum Gasteiger partial charge on any atom is -0.478 e. The first kappa shape index (κ1) is 29.3. The van der Waals surface area contributed by atoms with Crippen LogP contribution >= 0.6 is 0 Å². The summed E-state index contributed by atoms with van der Waals surface area (Å²) in [4.78, 5) is 51.8. The summed E-state index contributed by atoms with van der Waals surface area (Å²) in [7, 11) is 0. The van der Waals surface area contributed by atoms with Crippen molar-refractivity contribution in [3.05, 3.63) is 35.4 Å². The molecule has 4 N–H and O–H groups in total. The molecule has 0 spiro atoms. The Balaban J connectivity index is 2.24. The van der Waals surface area contributed by atoms with E-state index < -0.39 is 29.7 Å². The van der Waals surface area contributed by atoms with Crippen LogP contribution in [-0.4, -0.2) is 62.4 Å². The molecule has 9 heteroatoms. The molecule has 0 radical (unpaired) electrons. The molecule has 0 bridgehead atoms. The Labute approximate surface area is 214 Å². The van der Waals surface area contributed by atoms with Gasteiger partial charge in [-0.15, -0.1) is 0 Å². The number of carboxylic acid groups (broad SMARTS) is 1. The lowest BCUT2D eigenvalue weighted by Crippen LogP contribution is -2.67. The summed E-state index contributed by atoms with van der Waals surface area (Å²) in [6, 6.07) is 5.22. The number of unbranched alkanes of at least 4 members (excludes halogenated alkanes) is 5. The minimum atomic E-state index is -1.27. The monoisotopic (exact) mass is 502 g/mol. The van der Waals surface area contributed by atoms with Crippen LogP contribution in [-0.2, 0) is 9.59 Å². The molecule has 0 aliphatic carbocycles. The van der Waals surface area contributed by atoms with Gasteiger partial charge in [0.25, 0.3) is 5.91 Å². The van der Waals surface area contributed by atoms with Gasteiger partial charge in [-0.2, -0.15) is 0 Å². The largest absolute Gasteiger partial charge is 0.478 e. The van der Waals surface area contributed by atoms with Crippen molar-refractivity contribution < 1.29 is 24.3 Å². The van der Waals surface area contributed by atoms with Crippen LogP contribution in [0, 0.1) is 0 Å². The molecule has 2 rings (SSSR count). The van der Waals surface area contributed by atoms with E-state index in [0.29, 0.717) is 12.8 Å². The van der Waals surface area contributed by atoms with Gasteiger partial charge in [0.1, 0.15) is 0 Å². The van der Waals surface area contributed by atoms with Crippen molar-refractivity contribution in [2.45, 2.75) is 103 Å². The lowest BCUT2D eigenvalue weighted by Gasteiger charge is -2.56. The van der Waals surface area contributed by atoms with Gasteiger partial charge in [-0.1, -0.05) is 51.2 Å². The molecule has 1 heterocycles. The molecule has 0 atom stereocenters. The van der Waals surface area contributed by atoms with Gasteiger partial charge in [-0.3, -0.25) is 24.7 Å². The number of nitrogens with zero attached hydrogens (tertiary/aromatic N) is 2. The summed E-state index contributed by atoms with van der Waals surface area (Å²) in [6.07, 6.45) is 8.20. The molecule has 1 fully saturated rings. The zero-order valence-corrected chi connectivity index (χ0v) is 22.3. The summed E-state index contributed by atoms with van der Waals surface area (Å²) in [6.45, 7) is 11.5. The highest BCUT2D eigenvalue weighted by molar-refractivity contribution is 6.34. The van der Waals surface area contributed by atoms with Crippen LogP contribution in [0.1, 0.15) is 107 Å². The molecular weight excluding hydrogens is 460 g/mol. The molecule has 3 amide bonds. The van der Waals surface area contributed by atoms with E-state index in [9.17, 15) is 24.3 Å². The maximum absolute atomic E-state index is 13.1. The molecule has 0 unspecified atom stereocenters. The van der Waals surface area contributed by atoms with E-state index in [2.05, 4.69) is 44.9 Å². The highest BCUT2D eigenvalue weighted by Crippen LogP contribution is 2.40. The van der Waals surface area contributed by atoms with Crippen LogP contribution in [0.2, 0.25) is 0 Å². The SMILES string of the molecule is CCCCCCCCN1C(C)(C)CC(N(NC(=O)c2ccccc2C(=O)O)C(=O)C(N)=O)CC1(C)C. The number of aromatic carboxylic acids is 1. The number of carboxylic acids is 1. The Hall–Kier alpha value is -2.94. The number of nitrogens with two attached hydrogens (primary N) is 1. The van der Waals surface area contributed by atoms with E-state index in [1.165, 1.54) is 49.9 Å². The zero-order chi connectivity index (χ0) is 27.1. The third-order valence-corrected chi connectivity index (χ3v) is 7.09. The second kappa shape index (κ2) is 12.3. The molecule has 1 saturated heterocycles. The summed E-state index contributed by atoms with van der Waals surface area (Å²) in [5.41, 5.74) is 6.88. The molecule has 1 aromatic carbocycles. The molecule has 1 aliphatic heterocycles. The molecule has 0 saturated carbocycles. The van der Waals surface area contributed by atoms with Gasteiger partial charge in [0.2, 0.25) is 0 Å². The number of amides is 3. The highest BCUT2D eigenvalue weighted by atomic mass is 16.4. The first-order valence-corrected chi connectivity index (χ1v) is 12.9. The molecule has 9 nitrogen and oxygen atoms in total. The van der Waals surface area contributed by atoms with Crippen molar-refractivity contribution in [1.82, 2.24) is 15.3 Å². The van der Waals surface area contributed by atoms with Gasteiger partial charge in [0.15, 0.2) is 0 Å². The van der Waals surface area contributed by atoms with Crippen LogP contribution in [0.15, 0.2) is 24.3 Å². The van der Waals surface area contributed by atoms with Gasteiger partial charge in [0, 0.05) is 11.1 Å². The van der Waals surface area contributed by atoms with E-state index in [1.807, 2.05) is 0 Å². The van der Waals surface area contributed by atoms with Gasteiger partial charge < -0.3 is 10.8 Å². The quantitative estimate of drug-likeness (QED) is 0.254. The number of nitrogens with one attached hydrogen (secondary N) is 1. The Morgan fingerprint density at radius 1 is 0.972 bits per heavy atom. The first-order chi connectivity index (χ1) is 16.8. The number of rotatable bonds is 10. The van der Waals surface area contributed by atoms with Crippen LogP contribution < -0.4 is 11.2 Å². The van der Waals surface area contributed by atoms with Crippen molar-refractivity contribution in [2.75, 3.05) is 6.54 Å². The number of benzene rings is 1. The van der Waals surface area contributed by atoms with Crippen molar-refractivity contribution >= 4 is 23.7 Å². The Morgan fingerprint density at radius 3 is 2.03 bits per heavy atom. The molecular formula is C27H42N4O5. The summed E-state index contributed by atoms with van der Waals surface area (Å²) in [5, 5.41) is 10.5. The average Bonchev–Trinajstić information content (AvgIpc) is 2.79. The predicted molar refractivity (Wildman–Crippen MR) is 138 cm³/mol. The van der Waals surface area contributed by atoms with E-state index in [0.717, 1.165) is 24.4 Å². The fraction of sp³-hybridized carbons (Fsp3) is 0.630. The molecule has 1 aromatic rings. The maximum atomic E-state index is 13.1. The number of hydrogen-bond acceptors (Lipinski definition) is 5. The Kier molecular flexibility index (Phi) is 10.0. The minimum absolute atomic E-state index is 0.105. The van der Waals surface area contributed by atoms with Gasteiger partial charge in [-0.25, -0.2) is 9.80 Å². The lowest BCUT2D eigenvalue weighted by molar-refractivity contribution is -0.152. The smallest absolute Gasteiger partial charge is 0.336 e. The van der Waals surface area contributed by atoms with E-state index in [-0.39, 0.29) is 22.2 Å². The highest BCUT2D eigenvalue weighted by Gasteiger charge is 2.48. The number of hydrazine groups is 1. The standard InChI is InChI=1S/C27H42N4O5/c1-6-7-8-9-10-13-16-30-26(2,3)17-19(18-27(30,4)5)31(24(34)22(28)32)29-23(33)20-14-11-12-15-21(20)25(35)36/h11-12,14-15,19H,6-10,13,16-18H2,1-5H3,(H2,28,32)(H,29,33)(H,35,36). The van der Waals surface area contributed by atoms with Crippen LogP contribution in [0.4, 0.5) is 0 Å². The topological polar surface area (TPSA) is 133 Å². The van der Waals surface area contributed by atoms with Gasteiger partial charge in [0.05, 0.1) is 17.2 Å². The van der Waals surface area contributed by atoms with E-state index in [1.54, 1.807) is 0 Å². The Bertz CT molecular complexity index is 941. The summed E-state index contributed by atoms with van der Waals surface area (Å²) >= 11 is 0. The van der Waals surface area contributed by atoms with Crippen LogP contribution in [0.5, 0.6) is 0 Å². The number of likely N-dealkylation sites (tertiary alicyclic amines) is 1. The first-order valence-electron chi connectivity index (χ1n) is 12.9. The summed E-state index contributed by atoms with van der Waals surface area (Å²) < 4.78 is 0. The maximum Gasteiger partial charge on any atom is 0.336 e. The number of carbonyl (C=O) groups excluding carboxylic acids is 3. The van der Waals surface area contributed by atoms with Crippen molar-refractivity contribution in [3.63, 3.8) is 0 Å². The predicted octanol–water partition coefficient (Wildman–Crippen LogP) is 3.73. The lowest BCUT2D eigenvalue weighted by atomic mass is 9.76. The number of hydrogen-bond donors (Lipinski definition) is 3. The van der Waals surface area contributed by atoms with Gasteiger partial charge >= 0.3 is 17.8 Å². The second-order valence-electron chi connectivity index (χ2n) is 10.9. The Morgan fingerprint density at radius 2 is 1.50 bits per heavy atom. The number of primary amides is 1. The van der Waals surface area contributed by atoms with Gasteiger partial charge in [-0.05, 0) is 65.6 Å². The third kappa shape index (κ3) is 7.29. The fourth-order valence-corrected chi connectivity index (χ4v) is 5.57. The van der Waals surface area contributed by atoms with Crippen molar-refractivity contribution in [1.29, 1.82) is 0 Å². The average molecular weight is 503 g/mol. The number of piperidine rings is 1. The van der Waals surface area contributed by atoms with Crippen LogP contribution in [0.25, 0.3) is 0 Å². The third-order valence-electron chi connectivity index (χ3n) is 7.09. The molecule has 1 aliphatic rings. The normalized spacial score (nSPS) is 17.4. The fourth-order valence-electron chi connectivity index (χ4n) is 5.57. The second-order valence-corrected chi connectivity index (χ2v) is 10.9. The van der Waals surface area contributed by atoms with Crippen molar-refractivity contribution in [2.24, 2.45) is 5.73 Å². The van der Waals surface area contributed by atoms with E-state index in [4.69, 9.17) is 5.73 Å².